The smallest absolute Gasteiger partial charge is 0.248 e. The summed E-state index contributed by atoms with van der Waals surface area (Å²) in [5, 5.41) is 63.8. The van der Waals surface area contributed by atoms with E-state index in [9.17, 15) is 5.11 Å². The summed E-state index contributed by atoms with van der Waals surface area (Å²) in [5.74, 6) is 7.10. The minimum absolute atomic E-state index is 0.0187. The molecule has 25 heteroatoms. The van der Waals surface area contributed by atoms with Crippen molar-refractivity contribution in [2.45, 2.75) is 157 Å². The first-order chi connectivity index (χ1) is 61.1. The summed E-state index contributed by atoms with van der Waals surface area (Å²) in [6.07, 6.45) is 3.63. The molecule has 6 heterocycles. The number of aromatic hydroxyl groups is 1. The molecular weight excluding hydrogens is 1600 g/mol. The van der Waals surface area contributed by atoms with Crippen LogP contribution in [-0.4, -0.2) is 75.9 Å². The van der Waals surface area contributed by atoms with Gasteiger partial charge in [0.2, 0.25) is 47.1 Å². The van der Waals surface area contributed by atoms with Gasteiger partial charge in [0.05, 0.1) is 25.5 Å². The van der Waals surface area contributed by atoms with E-state index in [1.807, 2.05) is 200 Å². The van der Waals surface area contributed by atoms with Crippen LogP contribution in [0.5, 0.6) is 40.2 Å². The highest BCUT2D eigenvalue weighted by atomic mass is 16.5. The number of hydrogen-bond donors (Lipinski definition) is 1. The van der Waals surface area contributed by atoms with Crippen LogP contribution >= 0.6 is 0 Å². The number of phenolic OH excluding ortho intramolecular Hbond substituents is 1. The second-order valence-corrected chi connectivity index (χ2v) is 35.6. The molecule has 17 rings (SSSR count). The van der Waals surface area contributed by atoms with Gasteiger partial charge in [-0.05, 0) is 271 Å². The van der Waals surface area contributed by atoms with Gasteiger partial charge in [0.15, 0.2) is 0 Å². The van der Waals surface area contributed by atoms with E-state index in [1.165, 1.54) is 22.3 Å². The lowest BCUT2D eigenvalue weighted by molar-refractivity contribution is 0.286. The minimum Gasteiger partial charge on any atom is -0.508 e. The summed E-state index contributed by atoms with van der Waals surface area (Å²) in [6.45, 7) is 27.8. The van der Waals surface area contributed by atoms with Crippen molar-refractivity contribution in [3.05, 3.63) is 328 Å². The number of nitrogens with zero attached hydrogens (tertiary/aromatic N) is 14. The average Bonchev–Trinajstić information content (AvgIpc) is 1.71. The summed E-state index contributed by atoms with van der Waals surface area (Å²) in [6, 6.07) is 80.1. The second kappa shape index (κ2) is 36.0. The Morgan fingerprint density at radius 1 is 0.236 bits per heavy atom. The van der Waals surface area contributed by atoms with Crippen molar-refractivity contribution in [3.8, 4) is 132 Å². The zero-order valence-corrected chi connectivity index (χ0v) is 72.8. The maximum absolute atomic E-state index is 11.1. The van der Waals surface area contributed by atoms with Crippen LogP contribution in [0.3, 0.4) is 0 Å². The molecule has 11 aromatic carbocycles. The molecule has 0 bridgehead atoms. The van der Waals surface area contributed by atoms with Crippen molar-refractivity contribution < 1.29 is 51.2 Å². The fraction of sp³-hybridized carbons (Fsp3) is 0.235. The number of hydrogen-bond acceptors (Lipinski definition) is 23. The van der Waals surface area contributed by atoms with E-state index in [0.717, 1.165) is 77.9 Å². The van der Waals surface area contributed by atoms with E-state index in [0.29, 0.717) is 106 Å². The van der Waals surface area contributed by atoms with Gasteiger partial charge in [0.1, 0.15) is 91.3 Å². The summed E-state index contributed by atoms with van der Waals surface area (Å²) in [5.41, 5.74) is 17.4. The first kappa shape index (κ1) is 84.1. The Bertz CT molecular complexity index is 5890. The Balaban J connectivity index is 0.537. The van der Waals surface area contributed by atoms with Crippen molar-refractivity contribution in [2.75, 3.05) is 0 Å². The van der Waals surface area contributed by atoms with Crippen LogP contribution in [0.4, 0.5) is 0 Å². The summed E-state index contributed by atoms with van der Waals surface area (Å²) >= 11 is 0. The number of rotatable bonds is 30. The van der Waals surface area contributed by atoms with Crippen molar-refractivity contribution in [2.24, 2.45) is 0 Å². The molecular formula is C102H96N14O11. The van der Waals surface area contributed by atoms with Crippen molar-refractivity contribution >= 4 is 0 Å². The van der Waals surface area contributed by atoms with Crippen LogP contribution < -0.4 is 28.4 Å². The molecule has 1 N–H and O–H groups in total. The van der Waals surface area contributed by atoms with Crippen LogP contribution in [-0.2, 0) is 74.4 Å². The van der Waals surface area contributed by atoms with Gasteiger partial charge in [0.25, 0.3) is 0 Å². The molecule has 0 saturated heterocycles. The van der Waals surface area contributed by atoms with Gasteiger partial charge in [-0.15, -0.1) is 51.0 Å². The lowest BCUT2D eigenvalue weighted by atomic mass is 9.87. The van der Waals surface area contributed by atoms with Crippen LogP contribution in [0.25, 0.3) is 91.6 Å². The standard InChI is InChI=1S/C102H96N14O11/c1-99(2,3)78-29-13-70(14-30-78)91-105-109-95(124-91)74-21-37-85(38-22-74)118-58-66-46-67(59-119-86-39-23-75(24-40-86)96-110-106-92(125-96)71-15-31-79(32-16-71)100(4,5)6)51-89(50-66)122-62-82-56-115(113-103-82)54-64-45-65(49-84(117)48-64)55-116-57-83(104-114-116)63-123-90-52-68(60-120-87-41-25-76(26-42-87)97-111-107-93(126-97)72-17-33-80(34-18-72)101(7,8)9)47-69(53-90)61-121-88-43-27-77(28-44-88)98-112-108-94(127-98)73-19-35-81(36-20-73)102(10,11)12/h13-53,56-57,117H,54-55,58-63H2,1-12H3. The van der Waals surface area contributed by atoms with Gasteiger partial charge in [-0.25, -0.2) is 9.36 Å². The highest BCUT2D eigenvalue weighted by Gasteiger charge is 2.23. The fourth-order valence-corrected chi connectivity index (χ4v) is 14.3. The van der Waals surface area contributed by atoms with E-state index in [-0.39, 0.29) is 67.1 Å². The lowest BCUT2D eigenvalue weighted by Crippen LogP contribution is -2.10. The zero-order valence-electron chi connectivity index (χ0n) is 72.8. The summed E-state index contributed by atoms with van der Waals surface area (Å²) in [4.78, 5) is 0. The zero-order chi connectivity index (χ0) is 88.0. The van der Waals surface area contributed by atoms with Gasteiger partial charge in [-0.2, -0.15) is 0 Å². The molecule has 0 saturated carbocycles. The number of benzene rings is 11. The molecule has 0 aliphatic heterocycles. The van der Waals surface area contributed by atoms with Gasteiger partial charge in [0, 0.05) is 44.5 Å². The Morgan fingerprint density at radius 3 is 0.661 bits per heavy atom. The molecule has 25 nitrogen and oxygen atoms in total. The van der Waals surface area contributed by atoms with Gasteiger partial charge in [-0.1, -0.05) is 148 Å². The fourth-order valence-electron chi connectivity index (χ4n) is 14.3. The minimum atomic E-state index is 0.0187. The maximum atomic E-state index is 11.1. The highest BCUT2D eigenvalue weighted by Crippen LogP contribution is 2.37. The van der Waals surface area contributed by atoms with E-state index in [1.54, 1.807) is 21.5 Å². The molecule has 0 fully saturated rings. The Morgan fingerprint density at radius 2 is 0.441 bits per heavy atom. The quantitative estimate of drug-likeness (QED) is 0.0437. The first-order valence-corrected chi connectivity index (χ1v) is 42.0. The number of aromatic nitrogens is 14. The largest absolute Gasteiger partial charge is 0.508 e. The van der Waals surface area contributed by atoms with Crippen LogP contribution in [0, 0.1) is 0 Å². The van der Waals surface area contributed by atoms with Gasteiger partial charge >= 0.3 is 0 Å². The molecule has 0 aliphatic carbocycles. The van der Waals surface area contributed by atoms with Crippen LogP contribution in [0.2, 0.25) is 0 Å². The molecule has 0 spiro atoms. The van der Waals surface area contributed by atoms with Crippen molar-refractivity contribution in [3.63, 3.8) is 0 Å². The van der Waals surface area contributed by atoms with Crippen molar-refractivity contribution in [1.29, 1.82) is 0 Å². The van der Waals surface area contributed by atoms with Crippen LogP contribution in [0.15, 0.2) is 279 Å². The Hall–Kier alpha value is -15.1. The maximum Gasteiger partial charge on any atom is 0.248 e. The van der Waals surface area contributed by atoms with E-state index in [2.05, 4.69) is 193 Å². The first-order valence-electron chi connectivity index (χ1n) is 42.0. The van der Waals surface area contributed by atoms with E-state index >= 15 is 0 Å². The molecule has 0 aliphatic rings. The topological polar surface area (TPSA) is 293 Å². The second-order valence-electron chi connectivity index (χ2n) is 35.6. The monoisotopic (exact) mass is 1690 g/mol. The summed E-state index contributed by atoms with van der Waals surface area (Å²) in [7, 11) is 0. The third-order valence-electron chi connectivity index (χ3n) is 21.4. The van der Waals surface area contributed by atoms with E-state index in [4.69, 9.17) is 46.1 Å². The Kier molecular flexibility index (Phi) is 23.8. The molecule has 6 aromatic heterocycles. The van der Waals surface area contributed by atoms with Crippen LogP contribution in [0.1, 0.15) is 150 Å². The Labute approximate surface area is 735 Å². The van der Waals surface area contributed by atoms with Crippen molar-refractivity contribution in [1.82, 2.24) is 70.8 Å². The van der Waals surface area contributed by atoms with E-state index < -0.39 is 0 Å². The molecule has 0 radical (unpaired) electrons. The van der Waals surface area contributed by atoms with Gasteiger partial charge < -0.3 is 51.2 Å². The molecule has 0 amide bonds. The molecule has 0 atom stereocenters. The summed E-state index contributed by atoms with van der Waals surface area (Å²) < 4.78 is 66.5. The molecule has 0 unspecified atom stereocenters. The molecule has 127 heavy (non-hydrogen) atoms. The normalized spacial score (nSPS) is 11.9. The predicted octanol–water partition coefficient (Wildman–Crippen LogP) is 22.2. The average molecular weight is 1690 g/mol. The third-order valence-corrected chi connectivity index (χ3v) is 21.4. The predicted molar refractivity (Wildman–Crippen MR) is 481 cm³/mol. The number of ether oxygens (including phenoxy) is 6. The lowest BCUT2D eigenvalue weighted by Gasteiger charge is -2.18. The SMILES string of the molecule is CC(C)(C)c1ccc(-c2nnc(-c3ccc(OCc4cc(COc5ccc(-c6nnc(-c7ccc(C(C)(C)C)cc7)o6)cc5)cc(OCc5cn(Cc6cc(O)cc(Cn7cc(COc8cc(COc9ccc(-c%10nnc(-c%11ccc(C(C)(C)C)cc%11)o%10)cc9)cc(COc9ccc(-c%10nnc(-c%11ccc(C(C)(C)C)cc%11)o%10)cc9)c8)nn7)c6)nn5)c4)cc3)o2)cc1. The molecule has 17 aromatic rings. The van der Waals surface area contributed by atoms with Gasteiger partial charge in [-0.3, -0.25) is 0 Å². The highest BCUT2D eigenvalue weighted by molar-refractivity contribution is 5.64. The number of phenols is 1. The third kappa shape index (κ3) is 21.2. The molecule has 640 valence electrons.